The van der Waals surface area contributed by atoms with E-state index in [2.05, 4.69) is 25.4 Å². The van der Waals surface area contributed by atoms with Gasteiger partial charge in [-0.2, -0.15) is 18.3 Å². The predicted octanol–water partition coefficient (Wildman–Crippen LogP) is 7.44. The monoisotopic (exact) mass is 518 g/mol. The Balaban J connectivity index is 1.48. The van der Waals surface area contributed by atoms with Gasteiger partial charge in [-0.15, -0.1) is 10.2 Å². The molecule has 1 aliphatic heterocycles. The number of nitrogens with one attached hydrogen (secondary N) is 2. The number of aromatic amines is 2. The fourth-order valence-electron chi connectivity index (χ4n) is 5.57. The Hall–Kier alpha value is -4.54. The van der Waals surface area contributed by atoms with E-state index in [0.717, 1.165) is 29.4 Å². The van der Waals surface area contributed by atoms with E-state index in [-0.39, 0.29) is 17.1 Å². The van der Waals surface area contributed by atoms with Gasteiger partial charge in [-0.1, -0.05) is 0 Å². The topological polar surface area (TPSA) is 102 Å². The Labute approximate surface area is 211 Å². The molecule has 2 aromatic carbocycles. The number of nitrogens with zero attached hydrogens (tertiary/aromatic N) is 4. The highest BCUT2D eigenvalue weighted by Crippen LogP contribution is 2.47. The number of fused-ring (bicyclic) bond motifs is 6. The summed E-state index contributed by atoms with van der Waals surface area (Å²) in [4.78, 5) is 7.56. The second kappa shape index (κ2) is 7.98. The molecule has 7 nitrogen and oxygen atoms in total. The first-order valence-electron chi connectivity index (χ1n) is 12.0. The van der Waals surface area contributed by atoms with Crippen molar-refractivity contribution in [2.75, 3.05) is 0 Å². The lowest BCUT2D eigenvalue weighted by atomic mass is 9.84. The highest BCUT2D eigenvalue weighted by atomic mass is 19.4. The maximum atomic E-state index is 14.0. The van der Waals surface area contributed by atoms with Crippen molar-refractivity contribution < 1.29 is 22.7 Å². The van der Waals surface area contributed by atoms with Crippen LogP contribution in [0.3, 0.4) is 0 Å². The lowest BCUT2D eigenvalue weighted by molar-refractivity contribution is -0.140. The second-order valence-electron chi connectivity index (χ2n) is 9.44. The van der Waals surface area contributed by atoms with Crippen LogP contribution in [-0.4, -0.2) is 25.3 Å². The lowest BCUT2D eigenvalue weighted by Gasteiger charge is -2.22. The van der Waals surface area contributed by atoms with Crippen LogP contribution in [0, 0.1) is 5.82 Å². The molecule has 7 rings (SSSR count). The lowest BCUT2D eigenvalue weighted by Crippen LogP contribution is -2.12. The van der Waals surface area contributed by atoms with Crippen molar-refractivity contribution in [3.05, 3.63) is 70.3 Å². The van der Waals surface area contributed by atoms with Crippen LogP contribution >= 0.6 is 0 Å². The van der Waals surface area contributed by atoms with Crippen LogP contribution in [0.15, 0.2) is 46.8 Å². The summed E-state index contributed by atoms with van der Waals surface area (Å²) in [5, 5.41) is 26.2. The van der Waals surface area contributed by atoms with Gasteiger partial charge < -0.3 is 10.1 Å². The van der Waals surface area contributed by atoms with Crippen LogP contribution in [0.5, 0.6) is 5.88 Å². The Morgan fingerprint density at radius 1 is 1.00 bits per heavy atom. The van der Waals surface area contributed by atoms with Gasteiger partial charge in [0, 0.05) is 27.4 Å². The minimum absolute atomic E-state index is 0.0751. The first-order chi connectivity index (χ1) is 18.3. The first kappa shape index (κ1) is 22.6. The van der Waals surface area contributed by atoms with Gasteiger partial charge in [0.25, 0.3) is 0 Å². The van der Waals surface area contributed by atoms with Gasteiger partial charge in [0.2, 0.25) is 0 Å². The van der Waals surface area contributed by atoms with E-state index in [1.54, 1.807) is 24.3 Å². The molecule has 11 heteroatoms. The molecule has 3 N–H and O–H groups in total. The van der Waals surface area contributed by atoms with Crippen molar-refractivity contribution in [1.82, 2.24) is 20.2 Å². The van der Waals surface area contributed by atoms with E-state index in [0.29, 0.717) is 51.8 Å². The Bertz CT molecular complexity index is 1850. The minimum atomic E-state index is -4.60. The summed E-state index contributed by atoms with van der Waals surface area (Å²) in [5.74, 6) is -0.581. The zero-order valence-electron chi connectivity index (χ0n) is 19.6. The molecule has 5 aromatic rings. The van der Waals surface area contributed by atoms with E-state index in [1.165, 1.54) is 18.3 Å². The molecule has 38 heavy (non-hydrogen) atoms. The first-order valence-corrected chi connectivity index (χ1v) is 12.0. The molecule has 4 heterocycles. The summed E-state index contributed by atoms with van der Waals surface area (Å²) < 4.78 is 55.1. The van der Waals surface area contributed by atoms with E-state index < -0.39 is 17.7 Å². The number of pyridine rings is 1. The second-order valence-corrected chi connectivity index (χ2v) is 9.44. The summed E-state index contributed by atoms with van der Waals surface area (Å²) in [5.41, 5.74) is 4.12. The van der Waals surface area contributed by atoms with Crippen LogP contribution in [0.2, 0.25) is 0 Å². The number of H-pyrrole nitrogens is 2. The number of benzene rings is 2. The average molecular weight is 518 g/mol. The van der Waals surface area contributed by atoms with E-state index in [4.69, 9.17) is 4.98 Å². The number of hydrogen-bond acceptors (Lipinski definition) is 5. The van der Waals surface area contributed by atoms with Crippen molar-refractivity contribution in [3.8, 4) is 17.1 Å². The molecular weight excluding hydrogens is 500 g/mol. The number of aryl methyl sites for hydroxylation is 1. The van der Waals surface area contributed by atoms with Gasteiger partial charge in [-0.25, -0.2) is 9.37 Å². The molecule has 190 valence electrons. The molecule has 0 saturated heterocycles. The number of hydrogen-bond donors (Lipinski definition) is 3. The molecule has 0 amide bonds. The third-order valence-corrected chi connectivity index (χ3v) is 7.21. The maximum Gasteiger partial charge on any atom is 0.433 e. The SMILES string of the molecule is Oc1[nH]c2ccc(F)cc2c1C=C1N=Nc2ccc3nc(-c4cn[nH]c4C(F)(F)F)c4c(c3c21)CCCC4. The highest BCUT2D eigenvalue weighted by molar-refractivity contribution is 6.07. The Morgan fingerprint density at radius 2 is 1.82 bits per heavy atom. The zero-order valence-corrected chi connectivity index (χ0v) is 19.6. The standard InChI is InChI=1S/C27H18F4N6O/c28-12-5-6-18-15(9-12)16(26(38)34-18)10-21-23-20(35-36-21)8-7-19-22(23)13-3-1-2-4-14(13)24(33-19)17-11-32-37-25(17)27(29,30)31/h5-11,34,38H,1-4H2,(H,32,37). The third kappa shape index (κ3) is 3.34. The molecule has 3 aromatic heterocycles. The van der Waals surface area contributed by atoms with E-state index >= 15 is 0 Å². The molecule has 0 spiro atoms. The molecule has 0 radical (unpaired) electrons. The zero-order chi connectivity index (χ0) is 26.2. The normalized spacial score (nSPS) is 16.1. The maximum absolute atomic E-state index is 14.0. The number of halogens is 4. The van der Waals surface area contributed by atoms with E-state index in [9.17, 15) is 22.7 Å². The van der Waals surface area contributed by atoms with Crippen molar-refractivity contribution in [3.63, 3.8) is 0 Å². The minimum Gasteiger partial charge on any atom is -0.494 e. The number of rotatable bonds is 2. The van der Waals surface area contributed by atoms with Gasteiger partial charge in [0.1, 0.15) is 11.5 Å². The number of aromatic hydroxyl groups is 1. The molecule has 0 unspecified atom stereocenters. The van der Waals surface area contributed by atoms with Crippen LogP contribution in [0.25, 0.3) is 44.8 Å². The Morgan fingerprint density at radius 3 is 2.63 bits per heavy atom. The fourth-order valence-corrected chi connectivity index (χ4v) is 5.57. The summed E-state index contributed by atoms with van der Waals surface area (Å²) in [6.07, 6.45) is 1.16. The van der Waals surface area contributed by atoms with Crippen molar-refractivity contribution in [2.24, 2.45) is 10.2 Å². The molecule has 0 fully saturated rings. The van der Waals surface area contributed by atoms with Crippen molar-refractivity contribution >= 4 is 39.3 Å². The van der Waals surface area contributed by atoms with Gasteiger partial charge in [-0.3, -0.25) is 5.10 Å². The van der Waals surface area contributed by atoms with Gasteiger partial charge in [-0.05, 0) is 73.2 Å². The summed E-state index contributed by atoms with van der Waals surface area (Å²) >= 11 is 0. The number of alkyl halides is 3. The highest BCUT2D eigenvalue weighted by Gasteiger charge is 2.37. The van der Waals surface area contributed by atoms with Crippen LogP contribution in [0.1, 0.15) is 40.8 Å². The molecule has 0 atom stereocenters. The van der Waals surface area contributed by atoms with Crippen molar-refractivity contribution in [2.45, 2.75) is 31.9 Å². The van der Waals surface area contributed by atoms with Crippen LogP contribution < -0.4 is 0 Å². The number of azo groups is 1. The van der Waals surface area contributed by atoms with Gasteiger partial charge >= 0.3 is 6.18 Å². The smallest absolute Gasteiger partial charge is 0.433 e. The van der Waals surface area contributed by atoms with E-state index in [1.807, 2.05) is 0 Å². The molecule has 0 bridgehead atoms. The summed E-state index contributed by atoms with van der Waals surface area (Å²) in [7, 11) is 0. The van der Waals surface area contributed by atoms with Crippen LogP contribution in [-0.2, 0) is 19.0 Å². The quantitative estimate of drug-likeness (QED) is 0.212. The fraction of sp³-hybridized carbons (Fsp3) is 0.185. The van der Waals surface area contributed by atoms with Gasteiger partial charge in [0.15, 0.2) is 5.88 Å². The van der Waals surface area contributed by atoms with Crippen LogP contribution in [0.4, 0.5) is 23.2 Å². The summed E-state index contributed by atoms with van der Waals surface area (Å²) in [6.45, 7) is 0. The molecule has 0 saturated carbocycles. The van der Waals surface area contributed by atoms with Crippen molar-refractivity contribution in [1.29, 1.82) is 0 Å². The largest absolute Gasteiger partial charge is 0.494 e. The predicted molar refractivity (Wildman–Crippen MR) is 133 cm³/mol. The molecule has 1 aliphatic carbocycles. The average Bonchev–Trinajstić information content (AvgIpc) is 3.61. The molecule has 2 aliphatic rings. The number of aromatic nitrogens is 4. The summed E-state index contributed by atoms with van der Waals surface area (Å²) in [6, 6.07) is 7.63. The van der Waals surface area contributed by atoms with Gasteiger partial charge in [0.05, 0.1) is 34.4 Å². The Kier molecular flexibility index (Phi) is 4.75. The third-order valence-electron chi connectivity index (χ3n) is 7.21. The molecular formula is C27H18F4N6O.